The van der Waals surface area contributed by atoms with Gasteiger partial charge < -0.3 is 4.74 Å². The highest BCUT2D eigenvalue weighted by Gasteiger charge is 2.36. The van der Waals surface area contributed by atoms with Crippen LogP contribution in [0.5, 0.6) is 5.75 Å². The lowest BCUT2D eigenvalue weighted by atomic mass is 10.0. The number of hydrogen-bond donors (Lipinski definition) is 0. The van der Waals surface area contributed by atoms with Crippen molar-refractivity contribution in [3.05, 3.63) is 60.2 Å². The van der Waals surface area contributed by atoms with E-state index < -0.39 is 17.8 Å². The van der Waals surface area contributed by atoms with Gasteiger partial charge >= 0.3 is 5.97 Å². The monoisotopic (exact) mass is 266 g/mol. The Morgan fingerprint density at radius 2 is 1.60 bits per heavy atom. The first-order chi connectivity index (χ1) is 9.75. The van der Waals surface area contributed by atoms with E-state index in [4.69, 9.17) is 4.74 Å². The summed E-state index contributed by atoms with van der Waals surface area (Å²) in [5.74, 6) is -0.821. The molecule has 5 heteroatoms. The maximum atomic E-state index is 12.2. The molecule has 20 heavy (non-hydrogen) atoms. The van der Waals surface area contributed by atoms with Crippen LogP contribution in [0, 0.1) is 0 Å². The number of hydrogen-bond acceptors (Lipinski definition) is 5. The van der Waals surface area contributed by atoms with Crippen LogP contribution in [0.4, 0.5) is 5.69 Å². The number of para-hydroxylation sites is 1. The number of azo groups is 1. The van der Waals surface area contributed by atoms with E-state index in [9.17, 15) is 9.59 Å². The Labute approximate surface area is 114 Å². The highest BCUT2D eigenvalue weighted by molar-refractivity contribution is 6.16. The first-order valence-corrected chi connectivity index (χ1v) is 6.06. The molecule has 1 atom stereocenters. The molecule has 2 aromatic rings. The fourth-order valence-corrected chi connectivity index (χ4v) is 1.90. The molecular weight excluding hydrogens is 256 g/mol. The fourth-order valence-electron chi connectivity index (χ4n) is 1.90. The van der Waals surface area contributed by atoms with Gasteiger partial charge in [0, 0.05) is 0 Å². The second-order valence-corrected chi connectivity index (χ2v) is 4.24. The molecule has 1 aliphatic heterocycles. The molecule has 0 unspecified atom stereocenters. The van der Waals surface area contributed by atoms with Crippen LogP contribution in [0.25, 0.3) is 0 Å². The summed E-state index contributed by atoms with van der Waals surface area (Å²) in [6.45, 7) is 0. The molecule has 3 rings (SSSR count). The van der Waals surface area contributed by atoms with E-state index >= 15 is 0 Å². The summed E-state index contributed by atoms with van der Waals surface area (Å²) in [6, 6.07) is 14.3. The molecule has 0 amide bonds. The van der Waals surface area contributed by atoms with Gasteiger partial charge in [-0.15, -0.1) is 0 Å². The van der Waals surface area contributed by atoms with Crippen molar-refractivity contribution in [2.24, 2.45) is 10.2 Å². The van der Waals surface area contributed by atoms with Gasteiger partial charge in [0.15, 0.2) is 0 Å². The maximum absolute atomic E-state index is 12.2. The van der Waals surface area contributed by atoms with E-state index in [1.807, 2.05) is 6.07 Å². The highest BCUT2D eigenvalue weighted by Crippen LogP contribution is 2.26. The summed E-state index contributed by atoms with van der Waals surface area (Å²) in [5, 5.41) is 7.72. The van der Waals surface area contributed by atoms with Crippen LogP contribution in [0.1, 0.15) is 10.4 Å². The predicted octanol–water partition coefficient (Wildman–Crippen LogP) is 2.94. The summed E-state index contributed by atoms with van der Waals surface area (Å²) in [6.07, 6.45) is 0. The van der Waals surface area contributed by atoms with Crippen molar-refractivity contribution in [1.82, 2.24) is 0 Å². The molecule has 0 bridgehead atoms. The molecule has 0 N–H and O–H groups in total. The minimum atomic E-state index is -1.23. The fraction of sp³-hybridized carbons (Fsp3) is 0.0667. The smallest absolute Gasteiger partial charge is 0.346 e. The maximum Gasteiger partial charge on any atom is 0.346 e. The van der Waals surface area contributed by atoms with Crippen molar-refractivity contribution in [3.63, 3.8) is 0 Å². The lowest BCUT2D eigenvalue weighted by Gasteiger charge is -2.18. The van der Waals surface area contributed by atoms with E-state index in [1.165, 1.54) is 0 Å². The summed E-state index contributed by atoms with van der Waals surface area (Å²) in [5.41, 5.74) is 0.927. The van der Waals surface area contributed by atoms with Gasteiger partial charge in [0.2, 0.25) is 11.8 Å². The summed E-state index contributed by atoms with van der Waals surface area (Å²) >= 11 is 0. The Hall–Kier alpha value is -2.82. The average molecular weight is 266 g/mol. The van der Waals surface area contributed by atoms with E-state index in [-0.39, 0.29) is 5.75 Å². The van der Waals surface area contributed by atoms with Crippen LogP contribution in [0.2, 0.25) is 0 Å². The summed E-state index contributed by atoms with van der Waals surface area (Å²) in [7, 11) is 0. The Morgan fingerprint density at radius 1 is 0.900 bits per heavy atom. The lowest BCUT2D eigenvalue weighted by Crippen LogP contribution is -2.36. The van der Waals surface area contributed by atoms with Gasteiger partial charge in [-0.1, -0.05) is 30.3 Å². The molecular formula is C15H10N2O3. The number of fused-ring (bicyclic) bond motifs is 1. The molecule has 1 aliphatic rings. The zero-order valence-corrected chi connectivity index (χ0v) is 10.4. The second-order valence-electron chi connectivity index (χ2n) is 4.24. The largest absolute Gasteiger partial charge is 0.424 e. The molecule has 0 aliphatic carbocycles. The molecule has 0 fully saturated rings. The van der Waals surface area contributed by atoms with E-state index in [0.29, 0.717) is 11.3 Å². The number of Topliss-reactive ketones (excluding diaryl/α,β-unsaturated/α-hetero) is 1. The number of carbonyl (C=O) groups excluding carboxylic acids is 2. The van der Waals surface area contributed by atoms with Gasteiger partial charge in [0.1, 0.15) is 5.75 Å². The molecule has 0 spiro atoms. The van der Waals surface area contributed by atoms with Gasteiger partial charge in [0.25, 0.3) is 0 Å². The van der Waals surface area contributed by atoms with Crippen LogP contribution >= 0.6 is 0 Å². The average Bonchev–Trinajstić information content (AvgIpc) is 2.48. The first kappa shape index (κ1) is 12.2. The number of nitrogens with zero attached hydrogens (tertiary/aromatic N) is 2. The van der Waals surface area contributed by atoms with Crippen molar-refractivity contribution in [3.8, 4) is 5.75 Å². The number of ketones is 1. The molecule has 98 valence electrons. The minimum absolute atomic E-state index is 0.272. The number of carbonyl (C=O) groups is 2. The Kier molecular flexibility index (Phi) is 3.09. The molecule has 0 aromatic heterocycles. The predicted molar refractivity (Wildman–Crippen MR) is 71.2 cm³/mol. The Bertz CT molecular complexity index is 695. The molecule has 0 saturated carbocycles. The van der Waals surface area contributed by atoms with Crippen molar-refractivity contribution in [1.29, 1.82) is 0 Å². The van der Waals surface area contributed by atoms with Gasteiger partial charge in [-0.05, 0) is 24.3 Å². The number of benzene rings is 2. The number of esters is 1. The molecule has 0 radical (unpaired) electrons. The quantitative estimate of drug-likeness (QED) is 0.363. The summed E-state index contributed by atoms with van der Waals surface area (Å²) in [4.78, 5) is 24.0. The number of ether oxygens (including phenoxy) is 1. The SMILES string of the molecule is O=C1Oc2ccccc2C(=O)[C@H]1N=Nc1ccccc1. The Balaban J connectivity index is 1.90. The molecule has 2 aromatic carbocycles. The third-order valence-corrected chi connectivity index (χ3v) is 2.88. The minimum Gasteiger partial charge on any atom is -0.424 e. The molecule has 1 heterocycles. The standard InChI is InChI=1S/C15H10N2O3/c18-14-11-8-4-5-9-12(11)20-15(19)13(14)17-16-10-6-2-1-3-7-10/h1-9,13H/t13-/m1/s1. The third kappa shape index (κ3) is 2.21. The van der Waals surface area contributed by atoms with Crippen LogP contribution in [0.15, 0.2) is 64.8 Å². The third-order valence-electron chi connectivity index (χ3n) is 2.88. The van der Waals surface area contributed by atoms with Gasteiger partial charge in [-0.3, -0.25) is 4.79 Å². The van der Waals surface area contributed by atoms with Crippen molar-refractivity contribution in [2.45, 2.75) is 6.04 Å². The summed E-state index contributed by atoms with van der Waals surface area (Å²) < 4.78 is 5.09. The van der Waals surface area contributed by atoms with Crippen molar-refractivity contribution in [2.75, 3.05) is 0 Å². The Morgan fingerprint density at radius 3 is 2.40 bits per heavy atom. The van der Waals surface area contributed by atoms with Gasteiger partial charge in [0.05, 0.1) is 11.3 Å². The molecule has 5 nitrogen and oxygen atoms in total. The van der Waals surface area contributed by atoms with Gasteiger partial charge in [-0.2, -0.15) is 10.2 Å². The van der Waals surface area contributed by atoms with E-state index in [0.717, 1.165) is 0 Å². The van der Waals surface area contributed by atoms with Crippen molar-refractivity contribution < 1.29 is 14.3 Å². The normalized spacial score (nSPS) is 17.9. The molecule has 0 saturated heterocycles. The van der Waals surface area contributed by atoms with E-state index in [1.54, 1.807) is 48.5 Å². The van der Waals surface area contributed by atoms with Crippen LogP contribution in [-0.4, -0.2) is 17.8 Å². The van der Waals surface area contributed by atoms with Crippen molar-refractivity contribution >= 4 is 17.4 Å². The number of rotatable bonds is 2. The zero-order valence-electron chi connectivity index (χ0n) is 10.4. The lowest BCUT2D eigenvalue weighted by molar-refractivity contribution is -0.135. The highest BCUT2D eigenvalue weighted by atomic mass is 16.5. The van der Waals surface area contributed by atoms with E-state index in [2.05, 4.69) is 10.2 Å². The van der Waals surface area contributed by atoms with Crippen LogP contribution in [-0.2, 0) is 4.79 Å². The van der Waals surface area contributed by atoms with Crippen LogP contribution in [0.3, 0.4) is 0 Å². The van der Waals surface area contributed by atoms with Gasteiger partial charge in [-0.25, -0.2) is 4.79 Å². The zero-order chi connectivity index (χ0) is 13.9. The topological polar surface area (TPSA) is 68.1 Å². The second kappa shape index (κ2) is 5.05. The van der Waals surface area contributed by atoms with Crippen LogP contribution < -0.4 is 4.74 Å². The first-order valence-electron chi connectivity index (χ1n) is 6.06.